The number of carboxylic acid groups (broad SMARTS) is 1. The first-order chi connectivity index (χ1) is 9.52. The zero-order chi connectivity index (χ0) is 14.7. The minimum absolute atomic E-state index is 0.00380. The number of halogens is 2. The Bertz CT molecular complexity index is 643. The molecule has 2 aromatic rings. The number of hydrogen-bond acceptors (Lipinski definition) is 4. The van der Waals surface area contributed by atoms with Crippen LogP contribution in [0.15, 0.2) is 18.2 Å². The zero-order valence-corrected chi connectivity index (χ0v) is 12.0. The van der Waals surface area contributed by atoms with Gasteiger partial charge >= 0.3 is 5.97 Å². The van der Waals surface area contributed by atoms with Crippen LogP contribution in [0.1, 0.15) is 23.1 Å². The lowest BCUT2D eigenvalue weighted by Gasteiger charge is -2.09. The van der Waals surface area contributed by atoms with Crippen molar-refractivity contribution in [2.24, 2.45) is 0 Å². The summed E-state index contributed by atoms with van der Waals surface area (Å²) < 4.78 is 6.98. The second-order valence-electron chi connectivity index (χ2n) is 3.87. The minimum Gasteiger partial charge on any atom is -0.486 e. The van der Waals surface area contributed by atoms with Crippen LogP contribution in [0.4, 0.5) is 0 Å². The molecule has 0 spiro atoms. The van der Waals surface area contributed by atoms with Crippen LogP contribution in [0.5, 0.6) is 5.75 Å². The molecule has 1 aromatic heterocycles. The van der Waals surface area contributed by atoms with Crippen LogP contribution in [-0.2, 0) is 13.2 Å². The monoisotopic (exact) mass is 315 g/mol. The molecule has 6 nitrogen and oxygen atoms in total. The SMILES string of the molecule is CCn1nnc(C(=O)O)c1COc1ccc(Cl)cc1Cl. The maximum absolute atomic E-state index is 11.1. The molecule has 0 aliphatic carbocycles. The molecule has 0 aliphatic rings. The predicted molar refractivity (Wildman–Crippen MR) is 73.4 cm³/mol. The van der Waals surface area contributed by atoms with Gasteiger partial charge < -0.3 is 9.84 Å². The van der Waals surface area contributed by atoms with Crippen LogP contribution < -0.4 is 4.74 Å². The number of rotatable bonds is 5. The lowest BCUT2D eigenvalue weighted by molar-refractivity contribution is 0.0687. The molecule has 0 amide bonds. The normalized spacial score (nSPS) is 10.6. The van der Waals surface area contributed by atoms with Gasteiger partial charge in [-0.1, -0.05) is 28.4 Å². The molecule has 8 heteroatoms. The fraction of sp³-hybridized carbons (Fsp3) is 0.250. The van der Waals surface area contributed by atoms with Crippen LogP contribution in [-0.4, -0.2) is 26.1 Å². The highest BCUT2D eigenvalue weighted by molar-refractivity contribution is 6.35. The second kappa shape index (κ2) is 6.11. The average molecular weight is 316 g/mol. The van der Waals surface area contributed by atoms with Crippen LogP contribution in [0.25, 0.3) is 0 Å². The molecule has 0 bridgehead atoms. The molecular weight excluding hydrogens is 305 g/mol. The molecule has 1 N–H and O–H groups in total. The predicted octanol–water partition coefficient (Wildman–Crippen LogP) is 2.88. The van der Waals surface area contributed by atoms with E-state index in [-0.39, 0.29) is 12.3 Å². The Labute approximate surface area is 124 Å². The first-order valence-electron chi connectivity index (χ1n) is 5.76. The number of aromatic carboxylic acids is 1. The topological polar surface area (TPSA) is 77.2 Å². The van der Waals surface area contributed by atoms with Gasteiger partial charge in [0, 0.05) is 11.6 Å². The van der Waals surface area contributed by atoms with Crippen LogP contribution in [0.3, 0.4) is 0 Å². The Hall–Kier alpha value is -1.79. The average Bonchev–Trinajstić information content (AvgIpc) is 2.80. The molecule has 0 fully saturated rings. The Kier molecular flexibility index (Phi) is 4.46. The maximum atomic E-state index is 11.1. The van der Waals surface area contributed by atoms with Crippen LogP contribution in [0.2, 0.25) is 10.0 Å². The van der Waals surface area contributed by atoms with Crippen molar-refractivity contribution in [3.63, 3.8) is 0 Å². The van der Waals surface area contributed by atoms with E-state index in [1.807, 2.05) is 6.92 Å². The van der Waals surface area contributed by atoms with Gasteiger partial charge in [-0.3, -0.25) is 0 Å². The van der Waals surface area contributed by atoms with E-state index in [1.165, 1.54) is 4.68 Å². The summed E-state index contributed by atoms with van der Waals surface area (Å²) in [5, 5.41) is 17.3. The summed E-state index contributed by atoms with van der Waals surface area (Å²) in [5.41, 5.74) is 0.253. The molecule has 2 rings (SSSR count). The molecule has 106 valence electrons. The number of aryl methyl sites for hydroxylation is 1. The van der Waals surface area contributed by atoms with Gasteiger partial charge in [0.2, 0.25) is 0 Å². The number of nitrogens with zero attached hydrogens (tertiary/aromatic N) is 3. The number of aromatic nitrogens is 3. The van der Waals surface area contributed by atoms with Gasteiger partial charge in [0.15, 0.2) is 5.69 Å². The number of benzene rings is 1. The number of hydrogen-bond donors (Lipinski definition) is 1. The molecule has 0 saturated heterocycles. The number of ether oxygens (including phenoxy) is 1. The summed E-state index contributed by atoms with van der Waals surface area (Å²) in [6.07, 6.45) is 0. The largest absolute Gasteiger partial charge is 0.486 e. The summed E-state index contributed by atoms with van der Waals surface area (Å²) in [6, 6.07) is 4.80. The Morgan fingerprint density at radius 3 is 2.80 bits per heavy atom. The molecule has 0 aliphatic heterocycles. The van der Waals surface area contributed by atoms with Crippen LogP contribution >= 0.6 is 23.2 Å². The Balaban J connectivity index is 2.22. The first kappa shape index (κ1) is 14.6. The van der Waals surface area contributed by atoms with E-state index in [2.05, 4.69) is 10.3 Å². The molecule has 1 aromatic carbocycles. The van der Waals surface area contributed by atoms with E-state index in [4.69, 9.17) is 33.0 Å². The van der Waals surface area contributed by atoms with E-state index < -0.39 is 5.97 Å². The lowest BCUT2D eigenvalue weighted by atomic mass is 10.3. The van der Waals surface area contributed by atoms with Crippen molar-refractivity contribution < 1.29 is 14.6 Å². The number of carbonyl (C=O) groups is 1. The minimum atomic E-state index is -1.15. The van der Waals surface area contributed by atoms with Gasteiger partial charge in [-0.2, -0.15) is 0 Å². The van der Waals surface area contributed by atoms with Gasteiger partial charge in [0.05, 0.1) is 5.02 Å². The van der Waals surface area contributed by atoms with Crippen molar-refractivity contribution in [2.75, 3.05) is 0 Å². The van der Waals surface area contributed by atoms with E-state index in [9.17, 15) is 4.79 Å². The highest BCUT2D eigenvalue weighted by Gasteiger charge is 2.19. The van der Waals surface area contributed by atoms with Crippen molar-refractivity contribution in [1.29, 1.82) is 0 Å². The highest BCUT2D eigenvalue weighted by atomic mass is 35.5. The second-order valence-corrected chi connectivity index (χ2v) is 4.71. The zero-order valence-electron chi connectivity index (χ0n) is 10.5. The quantitative estimate of drug-likeness (QED) is 0.918. The van der Waals surface area contributed by atoms with Gasteiger partial charge in [-0.15, -0.1) is 5.10 Å². The van der Waals surface area contributed by atoms with Crippen molar-refractivity contribution in [2.45, 2.75) is 20.1 Å². The molecule has 1 heterocycles. The third-order valence-corrected chi connectivity index (χ3v) is 3.13. The van der Waals surface area contributed by atoms with Crippen molar-refractivity contribution >= 4 is 29.2 Å². The fourth-order valence-corrected chi connectivity index (χ4v) is 2.10. The molecule has 20 heavy (non-hydrogen) atoms. The maximum Gasteiger partial charge on any atom is 0.358 e. The summed E-state index contributed by atoms with van der Waals surface area (Å²) in [7, 11) is 0. The van der Waals surface area contributed by atoms with Gasteiger partial charge in [-0.05, 0) is 25.1 Å². The number of carboxylic acids is 1. The van der Waals surface area contributed by atoms with Gasteiger partial charge in [0.1, 0.15) is 18.1 Å². The summed E-state index contributed by atoms with van der Waals surface area (Å²) in [6.45, 7) is 2.33. The van der Waals surface area contributed by atoms with Gasteiger partial charge in [0.25, 0.3) is 0 Å². The van der Waals surface area contributed by atoms with Crippen molar-refractivity contribution in [3.05, 3.63) is 39.6 Å². The summed E-state index contributed by atoms with van der Waals surface area (Å²) in [4.78, 5) is 11.1. The standard InChI is InChI=1S/C12H11Cl2N3O3/c1-2-17-9(11(12(18)19)15-16-17)6-20-10-4-3-7(13)5-8(10)14/h3-5H,2,6H2,1H3,(H,18,19). The van der Waals surface area contributed by atoms with Gasteiger partial charge in [-0.25, -0.2) is 9.48 Å². The molecule has 0 unspecified atom stereocenters. The molecule has 0 atom stereocenters. The smallest absolute Gasteiger partial charge is 0.358 e. The van der Waals surface area contributed by atoms with E-state index in [1.54, 1.807) is 18.2 Å². The highest BCUT2D eigenvalue weighted by Crippen LogP contribution is 2.28. The molecular formula is C12H11Cl2N3O3. The van der Waals surface area contributed by atoms with E-state index >= 15 is 0 Å². The first-order valence-corrected chi connectivity index (χ1v) is 6.52. The lowest BCUT2D eigenvalue weighted by Crippen LogP contribution is -2.10. The fourth-order valence-electron chi connectivity index (χ4n) is 1.63. The van der Waals surface area contributed by atoms with E-state index in [0.717, 1.165) is 0 Å². The molecule has 0 saturated carbocycles. The van der Waals surface area contributed by atoms with Crippen molar-refractivity contribution in [1.82, 2.24) is 15.0 Å². The van der Waals surface area contributed by atoms with Crippen LogP contribution in [0, 0.1) is 0 Å². The third-order valence-electron chi connectivity index (χ3n) is 2.60. The summed E-state index contributed by atoms with van der Waals surface area (Å²) >= 11 is 11.8. The third kappa shape index (κ3) is 3.02. The summed E-state index contributed by atoms with van der Waals surface area (Å²) in [5.74, 6) is -0.734. The van der Waals surface area contributed by atoms with E-state index in [0.29, 0.717) is 28.0 Å². The Morgan fingerprint density at radius 2 is 2.20 bits per heavy atom. The van der Waals surface area contributed by atoms with Crippen molar-refractivity contribution in [3.8, 4) is 5.75 Å². The molecule has 0 radical (unpaired) electrons. The Morgan fingerprint density at radius 1 is 1.45 bits per heavy atom.